The first kappa shape index (κ1) is 29.6. The molecule has 47 heavy (non-hydrogen) atoms. The van der Waals surface area contributed by atoms with Crippen molar-refractivity contribution >= 4 is 75.6 Å². The van der Waals surface area contributed by atoms with Crippen molar-refractivity contribution in [2.75, 3.05) is 0 Å². The Morgan fingerprint density at radius 1 is 0.553 bits per heavy atom. The Hall–Kier alpha value is -4.81. The number of rotatable bonds is 6. The van der Waals surface area contributed by atoms with Crippen LogP contribution in [0.3, 0.4) is 0 Å². The third kappa shape index (κ3) is 5.40. The lowest BCUT2D eigenvalue weighted by Gasteiger charge is -2.26. The standard InChI is InChI=1S/C42H34O3P2/c1-28(2)34-25-22-29(3)42(46(32-16-6-4-7-17-32)33-18-8-5-9-19-33)41(34)45-47-43-37-26-23-30-14-10-12-20-35(30)39(37)40-36-21-13-11-15-31(36)24-27-38(40)44-47/h4-28H,1-3H3. The van der Waals surface area contributed by atoms with Crippen molar-refractivity contribution in [1.29, 1.82) is 0 Å². The molecule has 230 valence electrons. The van der Waals surface area contributed by atoms with Crippen LogP contribution in [0.15, 0.2) is 154 Å². The first-order chi connectivity index (χ1) is 23.1. The van der Waals surface area contributed by atoms with Crippen LogP contribution in [0.4, 0.5) is 0 Å². The summed E-state index contributed by atoms with van der Waals surface area (Å²) in [6.07, 6.45) is 0. The van der Waals surface area contributed by atoms with Crippen molar-refractivity contribution in [2.45, 2.75) is 26.7 Å². The summed E-state index contributed by atoms with van der Waals surface area (Å²) >= 11 is 0. The van der Waals surface area contributed by atoms with Crippen LogP contribution in [0.1, 0.15) is 30.9 Å². The molecule has 0 unspecified atom stereocenters. The van der Waals surface area contributed by atoms with Gasteiger partial charge in [0.2, 0.25) is 0 Å². The maximum Gasteiger partial charge on any atom is 0.453 e. The van der Waals surface area contributed by atoms with Gasteiger partial charge in [0.25, 0.3) is 0 Å². The molecule has 0 saturated heterocycles. The van der Waals surface area contributed by atoms with Gasteiger partial charge in [0.15, 0.2) is 0 Å². The van der Waals surface area contributed by atoms with Gasteiger partial charge in [0.1, 0.15) is 16.9 Å². The van der Waals surface area contributed by atoms with E-state index in [1.54, 1.807) is 0 Å². The van der Waals surface area contributed by atoms with Gasteiger partial charge in [-0.05, 0) is 76.2 Å². The van der Waals surface area contributed by atoms with Gasteiger partial charge in [0.05, 0.1) is 0 Å². The van der Waals surface area contributed by atoms with Gasteiger partial charge in [-0.25, -0.2) is 0 Å². The van der Waals surface area contributed by atoms with Crippen LogP contribution in [0, 0.1) is 6.92 Å². The molecular formula is C42H34O3P2. The van der Waals surface area contributed by atoms with Crippen LogP contribution in [-0.2, 0) is 0 Å². The molecule has 7 aromatic carbocycles. The quantitative estimate of drug-likeness (QED) is 0.168. The van der Waals surface area contributed by atoms with Crippen LogP contribution in [-0.4, -0.2) is 0 Å². The molecule has 0 N–H and O–H groups in total. The van der Waals surface area contributed by atoms with Crippen LogP contribution in [0.2, 0.25) is 0 Å². The smallest absolute Gasteiger partial charge is 0.390 e. The fraction of sp³-hybridized carbons (Fsp3) is 0.0952. The summed E-state index contributed by atoms with van der Waals surface area (Å²) in [5.74, 6) is 1.08. The highest BCUT2D eigenvalue weighted by molar-refractivity contribution is 7.80. The monoisotopic (exact) mass is 648 g/mol. The zero-order valence-corrected chi connectivity index (χ0v) is 28.3. The van der Waals surface area contributed by atoms with Gasteiger partial charge >= 0.3 is 8.24 Å². The summed E-state index contributed by atoms with van der Waals surface area (Å²) in [7, 11) is -2.82. The molecule has 0 aliphatic rings. The molecule has 0 radical (unpaired) electrons. The van der Waals surface area contributed by atoms with E-state index < -0.39 is 16.2 Å². The minimum Gasteiger partial charge on any atom is -0.390 e. The SMILES string of the molecule is Cc1ccc(C(C)C)c(Op2oc3ccc4ccccc4c3c3c(ccc4ccccc43)o2)c1P(c1ccccc1)c1ccccc1. The van der Waals surface area contributed by atoms with Gasteiger partial charge in [-0.15, -0.1) is 0 Å². The minimum atomic E-state index is -1.88. The molecule has 3 nitrogen and oxygen atoms in total. The Labute approximate surface area is 276 Å². The third-order valence-electron chi connectivity index (χ3n) is 8.78. The van der Waals surface area contributed by atoms with Crippen molar-refractivity contribution < 1.29 is 12.9 Å². The maximum atomic E-state index is 7.14. The van der Waals surface area contributed by atoms with Gasteiger partial charge in [-0.1, -0.05) is 147 Å². The highest BCUT2D eigenvalue weighted by atomic mass is 31.1. The molecule has 0 aliphatic heterocycles. The fourth-order valence-corrected chi connectivity index (χ4v) is 10.3. The molecule has 0 fully saturated rings. The number of benzene rings is 7. The van der Waals surface area contributed by atoms with Crippen molar-refractivity contribution in [3.63, 3.8) is 0 Å². The van der Waals surface area contributed by atoms with Gasteiger partial charge in [-0.2, -0.15) is 0 Å². The first-order valence-corrected chi connectivity index (χ1v) is 18.4. The maximum absolute atomic E-state index is 7.14. The zero-order valence-electron chi connectivity index (χ0n) is 26.6. The second kappa shape index (κ2) is 12.4. The second-order valence-electron chi connectivity index (χ2n) is 12.1. The number of hydrogen-bond donors (Lipinski definition) is 0. The Morgan fingerprint density at radius 2 is 1.04 bits per heavy atom. The van der Waals surface area contributed by atoms with E-state index in [-0.39, 0.29) is 5.92 Å². The summed E-state index contributed by atoms with van der Waals surface area (Å²) < 4.78 is 20.8. The molecule has 0 saturated carbocycles. The molecule has 0 spiro atoms. The zero-order chi connectivity index (χ0) is 31.9. The summed E-state index contributed by atoms with van der Waals surface area (Å²) in [5, 5.41) is 10.4. The molecule has 0 amide bonds. The Kier molecular flexibility index (Phi) is 7.82. The highest BCUT2D eigenvalue weighted by Crippen LogP contribution is 2.46. The van der Waals surface area contributed by atoms with Crippen LogP contribution in [0.25, 0.3) is 43.5 Å². The predicted molar refractivity (Wildman–Crippen MR) is 201 cm³/mol. The van der Waals surface area contributed by atoms with E-state index in [1.165, 1.54) is 21.5 Å². The largest absolute Gasteiger partial charge is 0.453 e. The molecule has 8 rings (SSSR count). The van der Waals surface area contributed by atoms with Crippen molar-refractivity contribution in [3.8, 4) is 5.75 Å². The van der Waals surface area contributed by atoms with Crippen LogP contribution < -0.4 is 20.4 Å². The lowest BCUT2D eigenvalue weighted by atomic mass is 9.99. The summed E-state index contributed by atoms with van der Waals surface area (Å²) in [4.78, 5) is 0. The summed E-state index contributed by atoms with van der Waals surface area (Å²) in [6.45, 7) is 6.64. The molecule has 1 heterocycles. The lowest BCUT2D eigenvalue weighted by molar-refractivity contribution is 0.494. The predicted octanol–water partition coefficient (Wildman–Crippen LogP) is 11.6. The highest BCUT2D eigenvalue weighted by Gasteiger charge is 2.27. The molecular weight excluding hydrogens is 614 g/mol. The van der Waals surface area contributed by atoms with Crippen LogP contribution in [0.5, 0.6) is 5.75 Å². The van der Waals surface area contributed by atoms with Crippen molar-refractivity contribution in [2.24, 2.45) is 0 Å². The Balaban J connectivity index is 1.44. The van der Waals surface area contributed by atoms with Gasteiger partial charge in [-0.3, -0.25) is 0 Å². The average molecular weight is 649 g/mol. The van der Waals surface area contributed by atoms with Crippen molar-refractivity contribution in [1.82, 2.24) is 0 Å². The first-order valence-electron chi connectivity index (χ1n) is 16.0. The van der Waals surface area contributed by atoms with E-state index in [4.69, 9.17) is 12.9 Å². The Morgan fingerprint density at radius 3 is 1.55 bits per heavy atom. The topological polar surface area (TPSA) is 35.5 Å². The molecule has 0 aliphatic carbocycles. The van der Waals surface area contributed by atoms with E-state index >= 15 is 0 Å². The average Bonchev–Trinajstić information content (AvgIpc) is 3.27. The molecule has 5 heteroatoms. The molecule has 8 aromatic rings. The lowest BCUT2D eigenvalue weighted by Crippen LogP contribution is -2.24. The van der Waals surface area contributed by atoms with E-state index in [0.29, 0.717) is 0 Å². The number of hydrogen-bond acceptors (Lipinski definition) is 3. The van der Waals surface area contributed by atoms with E-state index in [9.17, 15) is 0 Å². The van der Waals surface area contributed by atoms with Crippen LogP contribution >= 0.6 is 16.2 Å². The van der Waals surface area contributed by atoms with E-state index in [1.807, 2.05) is 0 Å². The van der Waals surface area contributed by atoms with E-state index in [2.05, 4.69) is 166 Å². The minimum absolute atomic E-state index is 0.224. The normalized spacial score (nSPS) is 11.7. The Bertz CT molecular complexity index is 2300. The molecule has 0 atom stereocenters. The van der Waals surface area contributed by atoms with Gasteiger partial charge < -0.3 is 12.9 Å². The molecule has 1 aromatic heterocycles. The van der Waals surface area contributed by atoms with Crippen molar-refractivity contribution in [3.05, 3.63) is 157 Å². The fourth-order valence-electron chi connectivity index (χ4n) is 6.54. The number of fused-ring (bicyclic) bond motifs is 7. The number of aryl methyl sites for hydroxylation is 1. The second-order valence-corrected chi connectivity index (χ2v) is 15.3. The van der Waals surface area contributed by atoms with E-state index in [0.717, 1.165) is 54.8 Å². The summed E-state index contributed by atoms with van der Waals surface area (Å²) in [6, 6.07) is 51.4. The third-order valence-corrected chi connectivity index (χ3v) is 12.4. The molecule has 0 bridgehead atoms. The van der Waals surface area contributed by atoms with Gasteiger partial charge in [0, 0.05) is 16.1 Å². The summed E-state index contributed by atoms with van der Waals surface area (Å²) in [5.41, 5.74) is 3.85.